The van der Waals surface area contributed by atoms with Gasteiger partial charge in [-0.25, -0.2) is 0 Å². The molecule has 3 heteroatoms. The lowest BCUT2D eigenvalue weighted by Crippen LogP contribution is -2.37. The summed E-state index contributed by atoms with van der Waals surface area (Å²) in [6.07, 6.45) is 2.52. The average Bonchev–Trinajstić information content (AvgIpc) is 3.13. The van der Waals surface area contributed by atoms with Crippen LogP contribution < -0.4 is 5.73 Å². The zero-order valence-electron chi connectivity index (χ0n) is 11.1. The first-order chi connectivity index (χ1) is 8.66. The highest BCUT2D eigenvalue weighted by Crippen LogP contribution is 2.37. The van der Waals surface area contributed by atoms with Crippen LogP contribution in [0, 0.1) is 0 Å². The van der Waals surface area contributed by atoms with Gasteiger partial charge in [0, 0.05) is 6.04 Å². The van der Waals surface area contributed by atoms with Crippen LogP contribution in [0.4, 0.5) is 0 Å². The maximum atomic E-state index is 6.00. The molecule has 1 fully saturated rings. The van der Waals surface area contributed by atoms with Gasteiger partial charge in [-0.1, -0.05) is 38.1 Å². The summed E-state index contributed by atoms with van der Waals surface area (Å²) in [6, 6.07) is 9.94. The van der Waals surface area contributed by atoms with Crippen LogP contribution in [0.25, 0.3) is 0 Å². The SMILES string of the molecule is CC(C)c1ccc(C2CN=C(N)N2C2CC2)cc1. The minimum atomic E-state index is 0.360. The van der Waals surface area contributed by atoms with E-state index in [1.807, 2.05) is 0 Å². The molecule has 1 aliphatic heterocycles. The fourth-order valence-corrected chi connectivity index (χ4v) is 2.67. The maximum Gasteiger partial charge on any atom is 0.192 e. The van der Waals surface area contributed by atoms with Gasteiger partial charge in [0.25, 0.3) is 0 Å². The van der Waals surface area contributed by atoms with Gasteiger partial charge in [0.05, 0.1) is 12.6 Å². The van der Waals surface area contributed by atoms with Crippen molar-refractivity contribution in [3.63, 3.8) is 0 Å². The summed E-state index contributed by atoms with van der Waals surface area (Å²) in [6.45, 7) is 5.26. The van der Waals surface area contributed by atoms with E-state index in [0.29, 0.717) is 18.0 Å². The lowest BCUT2D eigenvalue weighted by atomic mass is 9.99. The lowest BCUT2D eigenvalue weighted by Gasteiger charge is -2.26. The first-order valence-corrected chi connectivity index (χ1v) is 6.85. The molecule has 1 aromatic rings. The van der Waals surface area contributed by atoms with Crippen LogP contribution in [0.15, 0.2) is 29.3 Å². The Bertz CT molecular complexity index is 457. The highest BCUT2D eigenvalue weighted by Gasteiger charge is 2.38. The molecule has 1 atom stereocenters. The van der Waals surface area contributed by atoms with Crippen LogP contribution in [0.5, 0.6) is 0 Å². The number of benzene rings is 1. The molecule has 1 aromatic carbocycles. The monoisotopic (exact) mass is 243 g/mol. The zero-order valence-corrected chi connectivity index (χ0v) is 11.1. The van der Waals surface area contributed by atoms with Crippen LogP contribution >= 0.6 is 0 Å². The van der Waals surface area contributed by atoms with Gasteiger partial charge in [-0.2, -0.15) is 0 Å². The highest BCUT2D eigenvalue weighted by molar-refractivity contribution is 5.81. The largest absolute Gasteiger partial charge is 0.370 e. The standard InChI is InChI=1S/C15H21N3/c1-10(2)11-3-5-12(6-4-11)14-9-17-15(16)18(14)13-7-8-13/h3-6,10,13-14H,7-9H2,1-2H3,(H2,16,17). The minimum absolute atomic E-state index is 0.360. The molecule has 2 N–H and O–H groups in total. The molecule has 0 spiro atoms. The molecule has 1 aliphatic carbocycles. The fraction of sp³-hybridized carbons (Fsp3) is 0.533. The predicted molar refractivity (Wildman–Crippen MR) is 74.6 cm³/mol. The number of aliphatic imine (C=N–C) groups is 1. The summed E-state index contributed by atoms with van der Waals surface area (Å²) in [5.41, 5.74) is 8.74. The van der Waals surface area contributed by atoms with E-state index in [4.69, 9.17) is 5.73 Å². The van der Waals surface area contributed by atoms with Crippen molar-refractivity contribution in [1.82, 2.24) is 4.90 Å². The quantitative estimate of drug-likeness (QED) is 0.886. The van der Waals surface area contributed by atoms with Crippen molar-refractivity contribution >= 4 is 5.96 Å². The third-order valence-electron chi connectivity index (χ3n) is 3.95. The van der Waals surface area contributed by atoms with Crippen molar-refractivity contribution in [3.05, 3.63) is 35.4 Å². The van der Waals surface area contributed by atoms with Gasteiger partial charge in [-0.3, -0.25) is 4.99 Å². The summed E-state index contributed by atoms with van der Waals surface area (Å²) in [7, 11) is 0. The minimum Gasteiger partial charge on any atom is -0.370 e. The second kappa shape index (κ2) is 4.30. The summed E-state index contributed by atoms with van der Waals surface area (Å²) in [4.78, 5) is 6.72. The number of nitrogens with zero attached hydrogens (tertiary/aromatic N) is 2. The van der Waals surface area contributed by atoms with E-state index in [2.05, 4.69) is 48.0 Å². The van der Waals surface area contributed by atoms with Gasteiger partial charge in [0.2, 0.25) is 0 Å². The highest BCUT2D eigenvalue weighted by atomic mass is 15.4. The lowest BCUT2D eigenvalue weighted by molar-refractivity contribution is 0.338. The van der Waals surface area contributed by atoms with Crippen molar-refractivity contribution in [1.29, 1.82) is 0 Å². The van der Waals surface area contributed by atoms with E-state index in [0.717, 1.165) is 12.5 Å². The van der Waals surface area contributed by atoms with E-state index < -0.39 is 0 Å². The second-order valence-corrected chi connectivity index (χ2v) is 5.67. The van der Waals surface area contributed by atoms with Crippen LogP contribution in [-0.4, -0.2) is 23.4 Å². The second-order valence-electron chi connectivity index (χ2n) is 5.67. The topological polar surface area (TPSA) is 41.6 Å². The van der Waals surface area contributed by atoms with Crippen molar-refractivity contribution in [2.75, 3.05) is 6.54 Å². The van der Waals surface area contributed by atoms with Gasteiger partial charge in [-0.05, 0) is 29.9 Å². The summed E-state index contributed by atoms with van der Waals surface area (Å²) < 4.78 is 0. The van der Waals surface area contributed by atoms with Gasteiger partial charge in [0.15, 0.2) is 5.96 Å². The van der Waals surface area contributed by atoms with Gasteiger partial charge in [-0.15, -0.1) is 0 Å². The third-order valence-corrected chi connectivity index (χ3v) is 3.95. The molecule has 3 nitrogen and oxygen atoms in total. The predicted octanol–water partition coefficient (Wildman–Crippen LogP) is 2.64. The molecule has 0 aromatic heterocycles. The van der Waals surface area contributed by atoms with E-state index in [9.17, 15) is 0 Å². The Kier molecular flexibility index (Phi) is 2.77. The average molecular weight is 243 g/mol. The summed E-state index contributed by atoms with van der Waals surface area (Å²) >= 11 is 0. The molecular weight excluding hydrogens is 222 g/mol. The van der Waals surface area contributed by atoms with Crippen LogP contribution in [-0.2, 0) is 0 Å². The molecule has 1 saturated carbocycles. The van der Waals surface area contributed by atoms with Gasteiger partial charge >= 0.3 is 0 Å². The molecule has 0 saturated heterocycles. The van der Waals surface area contributed by atoms with Crippen molar-refractivity contribution in [2.24, 2.45) is 10.7 Å². The number of hydrogen-bond acceptors (Lipinski definition) is 3. The Labute approximate surface area is 109 Å². The molecule has 1 heterocycles. The molecule has 2 aliphatic rings. The molecule has 0 bridgehead atoms. The number of guanidine groups is 1. The summed E-state index contributed by atoms with van der Waals surface area (Å²) in [5.74, 6) is 1.32. The van der Waals surface area contributed by atoms with Crippen molar-refractivity contribution in [3.8, 4) is 0 Å². The number of hydrogen-bond donors (Lipinski definition) is 1. The third kappa shape index (κ3) is 1.98. The fourth-order valence-electron chi connectivity index (χ4n) is 2.67. The number of nitrogens with two attached hydrogens (primary N) is 1. The Hall–Kier alpha value is -1.51. The molecular formula is C15H21N3. The van der Waals surface area contributed by atoms with E-state index >= 15 is 0 Å². The Morgan fingerprint density at radius 3 is 2.44 bits per heavy atom. The Balaban J connectivity index is 1.82. The first kappa shape index (κ1) is 11.6. The van der Waals surface area contributed by atoms with Gasteiger partial charge < -0.3 is 10.6 Å². The molecule has 1 unspecified atom stereocenters. The normalized spacial score (nSPS) is 23.6. The zero-order chi connectivity index (χ0) is 12.7. The van der Waals surface area contributed by atoms with Gasteiger partial charge in [0.1, 0.15) is 0 Å². The van der Waals surface area contributed by atoms with Crippen LogP contribution in [0.2, 0.25) is 0 Å². The molecule has 3 rings (SSSR count). The van der Waals surface area contributed by atoms with Crippen LogP contribution in [0.3, 0.4) is 0 Å². The molecule has 96 valence electrons. The van der Waals surface area contributed by atoms with E-state index in [1.165, 1.54) is 24.0 Å². The van der Waals surface area contributed by atoms with Crippen LogP contribution in [0.1, 0.15) is 49.8 Å². The molecule has 0 amide bonds. The Morgan fingerprint density at radius 2 is 1.89 bits per heavy atom. The van der Waals surface area contributed by atoms with E-state index in [-0.39, 0.29) is 0 Å². The number of rotatable bonds is 3. The van der Waals surface area contributed by atoms with Crippen molar-refractivity contribution in [2.45, 2.75) is 44.7 Å². The molecule has 18 heavy (non-hydrogen) atoms. The molecule has 0 radical (unpaired) electrons. The van der Waals surface area contributed by atoms with Crippen molar-refractivity contribution < 1.29 is 0 Å². The summed E-state index contributed by atoms with van der Waals surface area (Å²) in [5, 5.41) is 0. The smallest absolute Gasteiger partial charge is 0.192 e. The maximum absolute atomic E-state index is 6.00. The Morgan fingerprint density at radius 1 is 1.22 bits per heavy atom. The first-order valence-electron chi connectivity index (χ1n) is 6.85. The van der Waals surface area contributed by atoms with E-state index in [1.54, 1.807) is 0 Å².